The fourth-order valence-electron chi connectivity index (χ4n) is 12.0. The fraction of sp³-hybridized carbons (Fsp3) is 0.810. The van der Waals surface area contributed by atoms with Crippen LogP contribution in [0.25, 0.3) is 0 Å². The molecule has 11 heteroatoms. The lowest BCUT2D eigenvalue weighted by Crippen LogP contribution is -3.17. The van der Waals surface area contributed by atoms with Crippen molar-refractivity contribution < 1.29 is 30.1 Å². The Bertz CT molecular complexity index is 1430. The van der Waals surface area contributed by atoms with Gasteiger partial charge in [-0.05, 0) is 119 Å². The highest BCUT2D eigenvalue weighted by Crippen LogP contribution is 2.50. The SMILES string of the molecule is CC1NC(C2CCC3CCC4(CCCC4)CCC(O)(CC(=O)[O-])CNC4(C)CC(N)NC(Cc5cccc(c5)CC3C2O)C4)C([NH+]2CC=NC2)CC1O. The summed E-state index contributed by atoms with van der Waals surface area (Å²) in [5.74, 6) is -0.674. The lowest BCUT2D eigenvalue weighted by Gasteiger charge is -2.50. The van der Waals surface area contributed by atoms with Crippen LogP contribution in [0.1, 0.15) is 115 Å². The number of nitrogens with two attached hydrogens (primary N) is 1. The summed E-state index contributed by atoms with van der Waals surface area (Å²) in [5, 5.41) is 58.6. The van der Waals surface area contributed by atoms with E-state index in [1.807, 2.05) is 6.21 Å². The summed E-state index contributed by atoms with van der Waals surface area (Å²) in [6.07, 6.45) is 14.1. The van der Waals surface area contributed by atoms with Gasteiger partial charge in [0.25, 0.3) is 0 Å². The van der Waals surface area contributed by atoms with Crippen LogP contribution in [-0.4, -0.2) is 101 Å². The van der Waals surface area contributed by atoms with Gasteiger partial charge < -0.3 is 46.5 Å². The molecule has 1 spiro atoms. The van der Waals surface area contributed by atoms with Gasteiger partial charge in [-0.1, -0.05) is 37.1 Å². The van der Waals surface area contributed by atoms with Crippen LogP contribution in [0.4, 0.5) is 0 Å². The number of quaternary nitrogens is 1. The average Bonchev–Trinajstić information content (AvgIpc) is 3.81. The number of piperidine rings is 2. The second-order valence-corrected chi connectivity index (χ2v) is 19.0. The third-order valence-corrected chi connectivity index (χ3v) is 15.0. The highest BCUT2D eigenvalue weighted by atomic mass is 16.4. The van der Waals surface area contributed by atoms with Gasteiger partial charge in [0.15, 0.2) is 6.67 Å². The number of carbonyl (C=O) groups excluding carboxylic acids is 1. The van der Waals surface area contributed by atoms with E-state index in [-0.39, 0.29) is 66.1 Å². The van der Waals surface area contributed by atoms with E-state index in [0.717, 1.165) is 96.7 Å². The van der Waals surface area contributed by atoms with Crippen molar-refractivity contribution in [2.24, 2.45) is 33.9 Å². The number of nitrogens with one attached hydrogen (secondary N) is 4. The Kier molecular flexibility index (Phi) is 12.0. The van der Waals surface area contributed by atoms with Crippen LogP contribution in [0.15, 0.2) is 29.3 Å². The van der Waals surface area contributed by atoms with Gasteiger partial charge in [-0.2, -0.15) is 0 Å². The number of hydrogen-bond acceptors (Lipinski definition) is 10. The molecule has 4 aliphatic heterocycles. The molecule has 7 rings (SSSR count). The third-order valence-electron chi connectivity index (χ3n) is 15.0. The van der Waals surface area contributed by atoms with E-state index in [0.29, 0.717) is 18.8 Å². The summed E-state index contributed by atoms with van der Waals surface area (Å²) in [5.41, 5.74) is 7.40. The summed E-state index contributed by atoms with van der Waals surface area (Å²) < 4.78 is 0. The monoisotopic (exact) mass is 737 g/mol. The summed E-state index contributed by atoms with van der Waals surface area (Å²) in [6, 6.07) is 9.32. The molecule has 2 aliphatic carbocycles. The second-order valence-electron chi connectivity index (χ2n) is 19.0. The van der Waals surface area contributed by atoms with Crippen molar-refractivity contribution in [2.45, 2.75) is 170 Å². The average molecular weight is 737 g/mol. The van der Waals surface area contributed by atoms with Gasteiger partial charge in [-0.3, -0.25) is 5.32 Å². The third kappa shape index (κ3) is 9.20. The Morgan fingerprint density at radius 1 is 1.02 bits per heavy atom. The largest absolute Gasteiger partial charge is 0.550 e. The van der Waals surface area contributed by atoms with Gasteiger partial charge in [-0.15, -0.1) is 0 Å². The molecule has 9 N–H and O–H groups in total. The molecule has 53 heavy (non-hydrogen) atoms. The van der Waals surface area contributed by atoms with Gasteiger partial charge in [-0.25, -0.2) is 4.99 Å². The van der Waals surface area contributed by atoms with Crippen molar-refractivity contribution in [1.29, 1.82) is 0 Å². The lowest BCUT2D eigenvalue weighted by atomic mass is 9.63. The van der Waals surface area contributed by atoms with Crippen molar-refractivity contribution in [1.82, 2.24) is 16.0 Å². The van der Waals surface area contributed by atoms with Crippen LogP contribution in [0, 0.1) is 23.2 Å². The molecule has 13 unspecified atom stereocenters. The smallest absolute Gasteiger partial charge is 0.171 e. The topological polar surface area (TPSA) is 180 Å². The van der Waals surface area contributed by atoms with Gasteiger partial charge in [0.2, 0.25) is 0 Å². The number of carboxylic acids is 1. The van der Waals surface area contributed by atoms with E-state index < -0.39 is 23.8 Å². The number of fused-ring (bicyclic) bond motifs is 5. The maximum atomic E-state index is 12.6. The molecule has 1 aromatic rings. The van der Waals surface area contributed by atoms with Crippen LogP contribution in [0.5, 0.6) is 0 Å². The number of aliphatic imine (C=N–C) groups is 1. The molecule has 4 heterocycles. The normalized spacial score (nSPS) is 43.8. The highest BCUT2D eigenvalue weighted by Gasteiger charge is 2.50. The summed E-state index contributed by atoms with van der Waals surface area (Å²) in [7, 11) is 0. The Morgan fingerprint density at radius 3 is 2.53 bits per heavy atom. The predicted molar refractivity (Wildman–Crippen MR) is 204 cm³/mol. The number of carbonyl (C=O) groups is 1. The molecule has 11 nitrogen and oxygen atoms in total. The molecule has 4 bridgehead atoms. The quantitative estimate of drug-likeness (QED) is 0.220. The molecule has 6 aliphatic rings. The van der Waals surface area contributed by atoms with E-state index in [9.17, 15) is 25.2 Å². The van der Waals surface area contributed by atoms with Gasteiger partial charge in [0, 0.05) is 48.9 Å². The molecule has 2 saturated carbocycles. The van der Waals surface area contributed by atoms with Crippen molar-refractivity contribution in [2.75, 3.05) is 19.8 Å². The fourth-order valence-corrected chi connectivity index (χ4v) is 12.0. The summed E-state index contributed by atoms with van der Waals surface area (Å²) in [6.45, 7) is 6.01. The number of aliphatic hydroxyl groups is 3. The number of aliphatic hydroxyl groups excluding tert-OH is 2. The molecule has 296 valence electrons. The Balaban J connectivity index is 1.20. The number of β-amino-alcohol motifs (C(OH)–C–C–N with tert-alkyl or cyclic N) is 1. The van der Waals surface area contributed by atoms with Crippen LogP contribution >= 0.6 is 0 Å². The zero-order valence-electron chi connectivity index (χ0n) is 32.3. The lowest BCUT2D eigenvalue weighted by molar-refractivity contribution is -0.914. The highest BCUT2D eigenvalue weighted by molar-refractivity contribution is 5.65. The van der Waals surface area contributed by atoms with E-state index in [2.05, 4.69) is 59.1 Å². The van der Waals surface area contributed by atoms with E-state index in [1.54, 1.807) is 0 Å². The van der Waals surface area contributed by atoms with Crippen molar-refractivity contribution >= 4 is 12.2 Å². The van der Waals surface area contributed by atoms with Crippen LogP contribution in [0.3, 0.4) is 0 Å². The van der Waals surface area contributed by atoms with Crippen LogP contribution < -0.4 is 31.7 Å². The first-order valence-electron chi connectivity index (χ1n) is 21.0. The minimum atomic E-state index is -1.41. The number of hydrogen-bond donors (Lipinski definition) is 8. The van der Waals surface area contributed by atoms with Crippen LogP contribution in [0.2, 0.25) is 0 Å². The van der Waals surface area contributed by atoms with Gasteiger partial charge in [0.1, 0.15) is 12.6 Å². The number of carboxylic acid groups (broad SMARTS) is 1. The zero-order chi connectivity index (χ0) is 37.4. The van der Waals surface area contributed by atoms with E-state index in [4.69, 9.17) is 5.73 Å². The summed E-state index contributed by atoms with van der Waals surface area (Å²) >= 11 is 0. The Labute approximate surface area is 317 Å². The molecule has 0 aromatic heterocycles. The number of rotatable bonds is 4. The molecule has 0 amide bonds. The second kappa shape index (κ2) is 16.3. The molecular formula is C42H68N6O5. The first kappa shape index (κ1) is 39.3. The number of benzene rings is 1. The number of nitrogens with zero attached hydrogens (tertiary/aromatic N) is 1. The molecule has 0 radical (unpaired) electrons. The van der Waals surface area contributed by atoms with E-state index in [1.165, 1.54) is 16.0 Å². The molecular weight excluding hydrogens is 668 g/mol. The van der Waals surface area contributed by atoms with Crippen molar-refractivity contribution in [3.8, 4) is 0 Å². The van der Waals surface area contributed by atoms with Gasteiger partial charge >= 0.3 is 0 Å². The first-order chi connectivity index (χ1) is 25.3. The first-order valence-corrected chi connectivity index (χ1v) is 21.0. The minimum absolute atomic E-state index is 0.0255. The van der Waals surface area contributed by atoms with E-state index >= 15 is 0 Å². The Morgan fingerprint density at radius 2 is 1.79 bits per heavy atom. The predicted octanol–water partition coefficient (Wildman–Crippen LogP) is 0.572. The van der Waals surface area contributed by atoms with Crippen LogP contribution in [-0.2, 0) is 17.6 Å². The molecule has 4 fully saturated rings. The Hall–Kier alpha value is -1.96. The molecule has 1 aromatic carbocycles. The minimum Gasteiger partial charge on any atom is -0.550 e. The number of aliphatic carboxylic acids is 1. The maximum absolute atomic E-state index is 12.6. The van der Waals surface area contributed by atoms with Crippen molar-refractivity contribution in [3.63, 3.8) is 0 Å². The molecule has 13 atom stereocenters. The maximum Gasteiger partial charge on any atom is 0.171 e. The standard InChI is InChI=1S/C42H68N6O5/c1-27-35(49)21-34(48-17-16-44-26-48)38(46-27)32-9-8-30-10-13-41(11-3-4-12-41)14-15-42(53,24-37(50)51)25-45-40(2)22-31(47-36(43)23-40)19-28-6-5-7-29(18-28)20-33(30)39(32)52/h5-7,16,18,27,30-36,38-39,45-47,49,52-53H,3-4,8-15,17,19-26,43H2,1-2H3,(H,50,51). The van der Waals surface area contributed by atoms with Gasteiger partial charge in [0.05, 0.1) is 36.2 Å². The summed E-state index contributed by atoms with van der Waals surface area (Å²) in [4.78, 5) is 18.0. The molecule has 2 saturated heterocycles. The van der Waals surface area contributed by atoms with Crippen molar-refractivity contribution in [3.05, 3.63) is 35.4 Å². The zero-order valence-corrected chi connectivity index (χ0v) is 32.3.